The fourth-order valence-corrected chi connectivity index (χ4v) is 2.24. The minimum Gasteiger partial charge on any atom is -0.363 e. The van der Waals surface area contributed by atoms with Gasteiger partial charge in [0.15, 0.2) is 5.65 Å². The molecule has 5 nitrogen and oxygen atoms in total. The van der Waals surface area contributed by atoms with Crippen LogP contribution in [0, 0.1) is 6.92 Å². The molecule has 0 unspecified atom stereocenters. The van der Waals surface area contributed by atoms with Crippen LogP contribution in [0.5, 0.6) is 0 Å². The van der Waals surface area contributed by atoms with Crippen LogP contribution in [0.15, 0.2) is 30.0 Å². The van der Waals surface area contributed by atoms with Crippen LogP contribution < -0.4 is 5.32 Å². The van der Waals surface area contributed by atoms with E-state index in [-0.39, 0.29) is 0 Å². The maximum Gasteiger partial charge on any atom is 0.157 e. The van der Waals surface area contributed by atoms with Gasteiger partial charge in [-0.2, -0.15) is 9.61 Å². The lowest BCUT2D eigenvalue weighted by atomic mass is 10.3. The normalized spacial score (nSPS) is 10.9. The standard InChI is InChI=1S/C11H11N5S/c1-8-4-9(13-6-11-12-2-3-17-11)16-10(5-8)14-7-15-16/h2-5,7,13H,6H2,1H3. The fourth-order valence-electron chi connectivity index (χ4n) is 1.69. The van der Waals surface area contributed by atoms with Crippen molar-refractivity contribution in [2.45, 2.75) is 13.5 Å². The van der Waals surface area contributed by atoms with Crippen LogP contribution in [-0.4, -0.2) is 19.6 Å². The van der Waals surface area contributed by atoms with Crippen LogP contribution in [0.25, 0.3) is 5.65 Å². The van der Waals surface area contributed by atoms with Crippen LogP contribution in [0.3, 0.4) is 0 Å². The molecular formula is C11H11N5S. The van der Waals surface area contributed by atoms with Gasteiger partial charge in [0.2, 0.25) is 0 Å². The first-order valence-corrected chi connectivity index (χ1v) is 6.13. The van der Waals surface area contributed by atoms with Gasteiger partial charge in [0.05, 0.1) is 6.54 Å². The number of anilines is 1. The van der Waals surface area contributed by atoms with Gasteiger partial charge in [-0.3, -0.25) is 0 Å². The molecule has 0 aliphatic rings. The highest BCUT2D eigenvalue weighted by atomic mass is 32.1. The maximum atomic E-state index is 4.23. The number of pyridine rings is 1. The Labute approximate surface area is 102 Å². The van der Waals surface area contributed by atoms with E-state index in [0.717, 1.165) is 22.0 Å². The second-order valence-electron chi connectivity index (χ2n) is 3.73. The van der Waals surface area contributed by atoms with Crippen LogP contribution >= 0.6 is 11.3 Å². The molecule has 0 saturated carbocycles. The molecular weight excluding hydrogens is 234 g/mol. The molecule has 0 aliphatic heterocycles. The molecule has 86 valence electrons. The van der Waals surface area contributed by atoms with Gasteiger partial charge in [-0.05, 0) is 24.6 Å². The Morgan fingerprint density at radius 3 is 3.12 bits per heavy atom. The van der Waals surface area contributed by atoms with Crippen molar-refractivity contribution in [2.75, 3.05) is 5.32 Å². The van der Waals surface area contributed by atoms with Crippen LogP contribution in [-0.2, 0) is 6.54 Å². The second-order valence-corrected chi connectivity index (χ2v) is 4.71. The minimum absolute atomic E-state index is 0.704. The van der Waals surface area contributed by atoms with Gasteiger partial charge >= 0.3 is 0 Å². The van der Waals surface area contributed by atoms with E-state index >= 15 is 0 Å². The predicted molar refractivity (Wildman–Crippen MR) is 67.2 cm³/mol. The number of nitrogens with zero attached hydrogens (tertiary/aromatic N) is 4. The second kappa shape index (κ2) is 4.14. The van der Waals surface area contributed by atoms with Gasteiger partial charge in [0, 0.05) is 11.6 Å². The molecule has 3 aromatic heterocycles. The Balaban J connectivity index is 1.91. The SMILES string of the molecule is Cc1cc(NCc2nccs2)n2ncnc2c1. The molecule has 6 heteroatoms. The third kappa shape index (κ3) is 1.99. The lowest BCUT2D eigenvalue weighted by Crippen LogP contribution is -2.05. The fraction of sp³-hybridized carbons (Fsp3) is 0.182. The van der Waals surface area contributed by atoms with Crippen molar-refractivity contribution in [1.29, 1.82) is 0 Å². The molecule has 0 radical (unpaired) electrons. The van der Waals surface area contributed by atoms with Gasteiger partial charge in [-0.25, -0.2) is 9.97 Å². The molecule has 3 heterocycles. The van der Waals surface area contributed by atoms with Crippen molar-refractivity contribution in [3.05, 3.63) is 40.6 Å². The highest BCUT2D eigenvalue weighted by Crippen LogP contribution is 2.14. The van der Waals surface area contributed by atoms with Crippen LogP contribution in [0.1, 0.15) is 10.6 Å². The number of fused-ring (bicyclic) bond motifs is 1. The zero-order chi connectivity index (χ0) is 11.7. The first-order chi connectivity index (χ1) is 8.33. The molecule has 0 atom stereocenters. The number of aryl methyl sites for hydroxylation is 1. The number of aromatic nitrogens is 4. The molecule has 3 aromatic rings. The predicted octanol–water partition coefficient (Wildman–Crippen LogP) is 2.11. The molecule has 0 bridgehead atoms. The van der Waals surface area contributed by atoms with Gasteiger partial charge < -0.3 is 5.32 Å². The van der Waals surface area contributed by atoms with E-state index in [1.165, 1.54) is 0 Å². The Kier molecular flexibility index (Phi) is 2.49. The topological polar surface area (TPSA) is 55.1 Å². The zero-order valence-corrected chi connectivity index (χ0v) is 10.1. The summed E-state index contributed by atoms with van der Waals surface area (Å²) in [6, 6.07) is 4.05. The highest BCUT2D eigenvalue weighted by molar-refractivity contribution is 7.09. The smallest absolute Gasteiger partial charge is 0.157 e. The zero-order valence-electron chi connectivity index (χ0n) is 9.29. The van der Waals surface area contributed by atoms with Crippen LogP contribution in [0.2, 0.25) is 0 Å². The van der Waals surface area contributed by atoms with Gasteiger partial charge in [-0.15, -0.1) is 11.3 Å². The lowest BCUT2D eigenvalue weighted by molar-refractivity contribution is 0.938. The molecule has 0 spiro atoms. The average Bonchev–Trinajstić information content (AvgIpc) is 2.95. The van der Waals surface area contributed by atoms with Crippen molar-refractivity contribution in [2.24, 2.45) is 0 Å². The van der Waals surface area contributed by atoms with Crippen molar-refractivity contribution in [1.82, 2.24) is 19.6 Å². The van der Waals surface area contributed by atoms with Crippen molar-refractivity contribution in [3.8, 4) is 0 Å². The van der Waals surface area contributed by atoms with Gasteiger partial charge in [-0.1, -0.05) is 0 Å². The molecule has 0 aliphatic carbocycles. The quantitative estimate of drug-likeness (QED) is 0.767. The first kappa shape index (κ1) is 10.2. The molecule has 0 amide bonds. The summed E-state index contributed by atoms with van der Waals surface area (Å²) in [4.78, 5) is 8.42. The third-order valence-electron chi connectivity index (χ3n) is 2.43. The monoisotopic (exact) mass is 245 g/mol. The molecule has 17 heavy (non-hydrogen) atoms. The van der Waals surface area contributed by atoms with E-state index in [1.54, 1.807) is 22.2 Å². The Hall–Kier alpha value is -1.95. The van der Waals surface area contributed by atoms with E-state index in [4.69, 9.17) is 0 Å². The van der Waals surface area contributed by atoms with E-state index in [2.05, 4.69) is 26.4 Å². The van der Waals surface area contributed by atoms with E-state index in [9.17, 15) is 0 Å². The summed E-state index contributed by atoms with van der Waals surface area (Å²) in [6.07, 6.45) is 3.37. The minimum atomic E-state index is 0.704. The third-order valence-corrected chi connectivity index (χ3v) is 3.21. The lowest BCUT2D eigenvalue weighted by Gasteiger charge is -2.07. The number of nitrogens with one attached hydrogen (secondary N) is 1. The molecule has 0 fully saturated rings. The summed E-state index contributed by atoms with van der Waals surface area (Å²) >= 11 is 1.63. The van der Waals surface area contributed by atoms with Crippen molar-refractivity contribution < 1.29 is 0 Å². The average molecular weight is 245 g/mol. The molecule has 3 rings (SSSR count). The summed E-state index contributed by atoms with van der Waals surface area (Å²) in [7, 11) is 0. The highest BCUT2D eigenvalue weighted by Gasteiger charge is 2.04. The summed E-state index contributed by atoms with van der Waals surface area (Å²) in [6.45, 7) is 2.75. The summed E-state index contributed by atoms with van der Waals surface area (Å²) < 4.78 is 1.79. The number of hydrogen-bond acceptors (Lipinski definition) is 5. The van der Waals surface area contributed by atoms with Crippen molar-refractivity contribution >= 4 is 22.8 Å². The largest absolute Gasteiger partial charge is 0.363 e. The summed E-state index contributed by atoms with van der Waals surface area (Å²) in [5.74, 6) is 0.938. The van der Waals surface area contributed by atoms with Gasteiger partial charge in [0.1, 0.15) is 17.2 Å². The van der Waals surface area contributed by atoms with Crippen molar-refractivity contribution in [3.63, 3.8) is 0 Å². The Morgan fingerprint density at radius 1 is 1.35 bits per heavy atom. The molecule has 1 N–H and O–H groups in total. The molecule has 0 saturated heterocycles. The number of rotatable bonds is 3. The van der Waals surface area contributed by atoms with E-state index < -0.39 is 0 Å². The summed E-state index contributed by atoms with van der Waals surface area (Å²) in [5.41, 5.74) is 2.01. The summed E-state index contributed by atoms with van der Waals surface area (Å²) in [5, 5.41) is 10.5. The number of hydrogen-bond donors (Lipinski definition) is 1. The Morgan fingerprint density at radius 2 is 2.29 bits per heavy atom. The maximum absolute atomic E-state index is 4.23. The van der Waals surface area contributed by atoms with Gasteiger partial charge in [0.25, 0.3) is 0 Å². The number of thiazole rings is 1. The Bertz CT molecular complexity index is 628. The molecule has 0 aromatic carbocycles. The first-order valence-electron chi connectivity index (χ1n) is 5.25. The van der Waals surface area contributed by atoms with E-state index in [0.29, 0.717) is 6.54 Å². The van der Waals surface area contributed by atoms with E-state index in [1.807, 2.05) is 24.6 Å². The van der Waals surface area contributed by atoms with Crippen LogP contribution in [0.4, 0.5) is 5.82 Å².